The Balaban J connectivity index is 2.01. The summed E-state index contributed by atoms with van der Waals surface area (Å²) in [5.41, 5.74) is 3.42. The SMILES string of the molecule is CNc1ccncc1C(=O)N1CCN(C)c2ccccc21. The molecule has 108 valence electrons. The molecule has 0 saturated heterocycles. The Kier molecular flexibility index (Phi) is 3.48. The summed E-state index contributed by atoms with van der Waals surface area (Å²) in [5, 5.41) is 3.05. The number of nitrogens with one attached hydrogen (secondary N) is 1. The third-order valence-electron chi connectivity index (χ3n) is 3.81. The first-order valence-electron chi connectivity index (χ1n) is 6.96. The molecule has 3 rings (SSSR count). The van der Waals surface area contributed by atoms with Crippen LogP contribution in [0.25, 0.3) is 0 Å². The molecular formula is C16H18N4O. The minimum absolute atomic E-state index is 0.0204. The van der Waals surface area contributed by atoms with E-state index in [2.05, 4.69) is 15.2 Å². The summed E-state index contributed by atoms with van der Waals surface area (Å²) in [6.45, 7) is 1.49. The van der Waals surface area contributed by atoms with Gasteiger partial charge in [-0.25, -0.2) is 0 Å². The molecule has 5 nitrogen and oxygen atoms in total. The van der Waals surface area contributed by atoms with Crippen molar-refractivity contribution in [1.29, 1.82) is 0 Å². The number of anilines is 3. The largest absolute Gasteiger partial charge is 0.387 e. The van der Waals surface area contributed by atoms with Crippen LogP contribution in [0.3, 0.4) is 0 Å². The number of carbonyl (C=O) groups is 1. The van der Waals surface area contributed by atoms with Crippen LogP contribution in [0.4, 0.5) is 17.1 Å². The van der Waals surface area contributed by atoms with E-state index >= 15 is 0 Å². The van der Waals surface area contributed by atoms with Crippen LogP contribution in [0.1, 0.15) is 10.4 Å². The highest BCUT2D eigenvalue weighted by atomic mass is 16.2. The molecule has 1 aromatic heterocycles. The minimum Gasteiger partial charge on any atom is -0.387 e. The van der Waals surface area contributed by atoms with Crippen LogP contribution >= 0.6 is 0 Å². The average Bonchev–Trinajstić information content (AvgIpc) is 2.55. The van der Waals surface area contributed by atoms with E-state index in [-0.39, 0.29) is 5.91 Å². The normalized spacial score (nSPS) is 13.8. The number of hydrogen-bond donors (Lipinski definition) is 1. The molecule has 2 heterocycles. The number of likely N-dealkylation sites (N-methyl/N-ethyl adjacent to an activating group) is 1. The summed E-state index contributed by atoms with van der Waals surface area (Å²) in [6, 6.07) is 9.79. The van der Waals surface area contributed by atoms with Crippen LogP contribution in [0, 0.1) is 0 Å². The number of aromatic nitrogens is 1. The van der Waals surface area contributed by atoms with Gasteiger partial charge in [-0.15, -0.1) is 0 Å². The Bertz CT molecular complexity index is 671. The Labute approximate surface area is 124 Å². The molecule has 1 aromatic carbocycles. The molecule has 1 amide bonds. The average molecular weight is 282 g/mol. The number of nitrogens with zero attached hydrogens (tertiary/aromatic N) is 3. The van der Waals surface area contributed by atoms with Gasteiger partial charge < -0.3 is 15.1 Å². The van der Waals surface area contributed by atoms with Crippen molar-refractivity contribution in [2.75, 3.05) is 42.3 Å². The van der Waals surface area contributed by atoms with Crippen molar-refractivity contribution < 1.29 is 4.79 Å². The molecular weight excluding hydrogens is 264 g/mol. The van der Waals surface area contributed by atoms with Crippen LogP contribution < -0.4 is 15.1 Å². The molecule has 0 atom stereocenters. The van der Waals surface area contributed by atoms with E-state index in [0.29, 0.717) is 12.1 Å². The molecule has 1 aliphatic heterocycles. The van der Waals surface area contributed by atoms with Crippen molar-refractivity contribution in [2.24, 2.45) is 0 Å². The third-order valence-corrected chi connectivity index (χ3v) is 3.81. The lowest BCUT2D eigenvalue weighted by Gasteiger charge is -2.35. The number of amides is 1. The quantitative estimate of drug-likeness (QED) is 0.917. The number of pyridine rings is 1. The molecule has 2 aromatic rings. The van der Waals surface area contributed by atoms with Crippen LogP contribution in [0.15, 0.2) is 42.7 Å². The number of para-hydroxylation sites is 2. The highest BCUT2D eigenvalue weighted by Gasteiger charge is 2.26. The zero-order chi connectivity index (χ0) is 14.8. The number of rotatable bonds is 2. The van der Waals surface area contributed by atoms with Crippen molar-refractivity contribution in [2.45, 2.75) is 0 Å². The van der Waals surface area contributed by atoms with Crippen LogP contribution in [0.2, 0.25) is 0 Å². The van der Waals surface area contributed by atoms with Crippen molar-refractivity contribution in [3.8, 4) is 0 Å². The summed E-state index contributed by atoms with van der Waals surface area (Å²) in [6.07, 6.45) is 3.30. The second kappa shape index (κ2) is 5.44. The second-order valence-electron chi connectivity index (χ2n) is 5.04. The molecule has 0 unspecified atom stereocenters. The number of fused-ring (bicyclic) bond motifs is 1. The highest BCUT2D eigenvalue weighted by Crippen LogP contribution is 2.33. The molecule has 21 heavy (non-hydrogen) atoms. The first-order chi connectivity index (χ1) is 10.2. The Morgan fingerprint density at radius 2 is 1.95 bits per heavy atom. The predicted molar refractivity (Wildman–Crippen MR) is 85.2 cm³/mol. The lowest BCUT2D eigenvalue weighted by atomic mass is 10.1. The van der Waals surface area contributed by atoms with Gasteiger partial charge in [0.05, 0.1) is 16.9 Å². The Morgan fingerprint density at radius 3 is 2.71 bits per heavy atom. The maximum atomic E-state index is 12.9. The van der Waals surface area contributed by atoms with Crippen molar-refractivity contribution >= 4 is 23.0 Å². The first-order valence-corrected chi connectivity index (χ1v) is 6.96. The van der Waals surface area contributed by atoms with Gasteiger partial charge in [0.1, 0.15) is 0 Å². The molecule has 5 heteroatoms. The maximum absolute atomic E-state index is 12.9. The topological polar surface area (TPSA) is 48.5 Å². The highest BCUT2D eigenvalue weighted by molar-refractivity contribution is 6.11. The van der Waals surface area contributed by atoms with Crippen molar-refractivity contribution in [3.63, 3.8) is 0 Å². The third kappa shape index (κ3) is 2.31. The van der Waals surface area contributed by atoms with Crippen molar-refractivity contribution in [1.82, 2.24) is 4.98 Å². The van der Waals surface area contributed by atoms with E-state index in [0.717, 1.165) is 23.6 Å². The fraction of sp³-hybridized carbons (Fsp3) is 0.250. The van der Waals surface area contributed by atoms with E-state index in [9.17, 15) is 4.79 Å². The molecule has 1 aliphatic rings. The summed E-state index contributed by atoms with van der Waals surface area (Å²) < 4.78 is 0. The Morgan fingerprint density at radius 1 is 1.19 bits per heavy atom. The molecule has 1 N–H and O–H groups in total. The van der Waals surface area contributed by atoms with Gasteiger partial charge in [0.2, 0.25) is 0 Å². The van der Waals surface area contributed by atoms with E-state index in [1.165, 1.54) is 0 Å². The lowest BCUT2D eigenvalue weighted by Crippen LogP contribution is -2.42. The number of hydrogen-bond acceptors (Lipinski definition) is 4. The summed E-state index contributed by atoms with van der Waals surface area (Å²) in [4.78, 5) is 21.0. The minimum atomic E-state index is -0.0204. The Hall–Kier alpha value is -2.56. The van der Waals surface area contributed by atoms with Gasteiger partial charge in [0.25, 0.3) is 5.91 Å². The van der Waals surface area contributed by atoms with Gasteiger partial charge >= 0.3 is 0 Å². The van der Waals surface area contributed by atoms with E-state index in [1.54, 1.807) is 12.4 Å². The predicted octanol–water partition coefficient (Wildman–Crippen LogP) is 2.22. The van der Waals surface area contributed by atoms with Gasteiger partial charge in [-0.3, -0.25) is 9.78 Å². The van der Waals surface area contributed by atoms with Crippen LogP contribution in [-0.2, 0) is 0 Å². The fourth-order valence-corrected chi connectivity index (χ4v) is 2.65. The molecule has 0 fully saturated rings. The standard InChI is InChI=1S/C16H18N4O/c1-17-13-7-8-18-11-12(13)16(21)20-10-9-19(2)14-5-3-4-6-15(14)20/h3-8,11H,9-10H2,1-2H3,(H,17,18). The summed E-state index contributed by atoms with van der Waals surface area (Å²) in [5.74, 6) is -0.0204. The zero-order valence-corrected chi connectivity index (χ0v) is 12.2. The summed E-state index contributed by atoms with van der Waals surface area (Å²) in [7, 11) is 3.85. The van der Waals surface area contributed by atoms with Crippen molar-refractivity contribution in [3.05, 3.63) is 48.3 Å². The van der Waals surface area contributed by atoms with Gasteiger partial charge in [0, 0.05) is 45.3 Å². The molecule has 0 spiro atoms. The van der Waals surface area contributed by atoms with E-state index in [4.69, 9.17) is 0 Å². The first kappa shape index (κ1) is 13.4. The second-order valence-corrected chi connectivity index (χ2v) is 5.04. The fourth-order valence-electron chi connectivity index (χ4n) is 2.65. The maximum Gasteiger partial charge on any atom is 0.262 e. The van der Waals surface area contributed by atoms with Crippen LogP contribution in [0.5, 0.6) is 0 Å². The number of benzene rings is 1. The van der Waals surface area contributed by atoms with Crippen LogP contribution in [-0.4, -0.2) is 38.1 Å². The monoisotopic (exact) mass is 282 g/mol. The van der Waals surface area contributed by atoms with E-state index in [1.807, 2.05) is 49.3 Å². The van der Waals surface area contributed by atoms with Gasteiger partial charge in [-0.05, 0) is 18.2 Å². The smallest absolute Gasteiger partial charge is 0.262 e. The van der Waals surface area contributed by atoms with Gasteiger partial charge in [-0.1, -0.05) is 12.1 Å². The zero-order valence-electron chi connectivity index (χ0n) is 12.2. The molecule has 0 saturated carbocycles. The summed E-state index contributed by atoms with van der Waals surface area (Å²) >= 11 is 0. The van der Waals surface area contributed by atoms with Gasteiger partial charge in [0.15, 0.2) is 0 Å². The molecule has 0 aliphatic carbocycles. The number of carbonyl (C=O) groups excluding carboxylic acids is 1. The lowest BCUT2D eigenvalue weighted by molar-refractivity contribution is 0.0987. The van der Waals surface area contributed by atoms with E-state index < -0.39 is 0 Å². The molecule has 0 bridgehead atoms. The van der Waals surface area contributed by atoms with Gasteiger partial charge in [-0.2, -0.15) is 0 Å². The molecule has 0 radical (unpaired) electrons.